The first-order chi connectivity index (χ1) is 8.43. The summed E-state index contributed by atoms with van der Waals surface area (Å²) >= 11 is 0. The summed E-state index contributed by atoms with van der Waals surface area (Å²) in [6.07, 6.45) is 0. The normalized spacial score (nSPS) is 16.9. The quantitative estimate of drug-likeness (QED) is 0.814. The third-order valence-corrected chi connectivity index (χ3v) is 3.55. The number of hydrogen-bond donors (Lipinski definition) is 1. The first kappa shape index (κ1) is 12.4. The van der Waals surface area contributed by atoms with E-state index >= 15 is 0 Å². The number of benzene rings is 1. The molecule has 18 heavy (non-hydrogen) atoms. The van der Waals surface area contributed by atoms with Crippen LogP contribution in [0.4, 0.5) is 0 Å². The Morgan fingerprint density at radius 2 is 2.00 bits per heavy atom. The number of aromatic hydroxyl groups is 1. The Kier molecular flexibility index (Phi) is 2.96. The van der Waals surface area contributed by atoms with Crippen LogP contribution in [-0.4, -0.2) is 26.6 Å². The van der Waals surface area contributed by atoms with Crippen molar-refractivity contribution in [3.05, 3.63) is 46.2 Å². The summed E-state index contributed by atoms with van der Waals surface area (Å²) in [5.41, 5.74) is 0.619. The van der Waals surface area contributed by atoms with Gasteiger partial charge in [0.15, 0.2) is 9.84 Å². The highest BCUT2D eigenvalue weighted by atomic mass is 32.2. The molecule has 0 aliphatic carbocycles. The van der Waals surface area contributed by atoms with Gasteiger partial charge in [-0.1, -0.05) is 12.1 Å². The molecule has 0 saturated heterocycles. The second kappa shape index (κ2) is 4.30. The van der Waals surface area contributed by atoms with E-state index in [0.717, 1.165) is 10.8 Å². The van der Waals surface area contributed by atoms with Crippen molar-refractivity contribution in [1.82, 2.24) is 0 Å². The fraction of sp³-hybridized carbons (Fsp3) is 0.0833. The van der Waals surface area contributed by atoms with E-state index in [0.29, 0.717) is 5.56 Å². The first-order valence-electron chi connectivity index (χ1n) is 4.99. The molecule has 6 heteroatoms. The van der Waals surface area contributed by atoms with Crippen molar-refractivity contribution in [3.63, 3.8) is 0 Å². The van der Waals surface area contributed by atoms with Crippen molar-refractivity contribution in [2.24, 2.45) is 0 Å². The zero-order chi connectivity index (χ0) is 13.3. The van der Waals surface area contributed by atoms with E-state index in [2.05, 4.69) is 4.74 Å². The monoisotopic (exact) mass is 266 g/mol. The fourth-order valence-corrected chi connectivity index (χ4v) is 2.87. The summed E-state index contributed by atoms with van der Waals surface area (Å²) in [4.78, 5) is 11.5. The van der Waals surface area contributed by atoms with Crippen LogP contribution in [0.3, 0.4) is 0 Å². The minimum absolute atomic E-state index is 0.0121. The lowest BCUT2D eigenvalue weighted by atomic mass is 10.0. The minimum atomic E-state index is -3.57. The third kappa shape index (κ3) is 2.28. The molecule has 1 aliphatic rings. The van der Waals surface area contributed by atoms with Gasteiger partial charge in [-0.2, -0.15) is 0 Å². The van der Waals surface area contributed by atoms with E-state index in [1.807, 2.05) is 0 Å². The van der Waals surface area contributed by atoms with E-state index in [9.17, 15) is 18.3 Å². The number of phenols is 1. The highest BCUT2D eigenvalue weighted by Gasteiger charge is 2.27. The van der Waals surface area contributed by atoms with Gasteiger partial charge in [0.25, 0.3) is 0 Å². The molecule has 1 N–H and O–H groups in total. The number of carbonyl (C=O) groups is 1. The fourth-order valence-electron chi connectivity index (χ4n) is 1.65. The number of sulfone groups is 1. The van der Waals surface area contributed by atoms with Crippen LogP contribution in [0.1, 0.15) is 5.56 Å². The van der Waals surface area contributed by atoms with Gasteiger partial charge in [-0.15, -0.1) is 0 Å². The zero-order valence-corrected chi connectivity index (χ0v) is 10.3. The van der Waals surface area contributed by atoms with Crippen LogP contribution in [-0.2, 0) is 19.4 Å². The van der Waals surface area contributed by atoms with E-state index in [-0.39, 0.29) is 16.9 Å². The maximum Gasteiger partial charge on any atom is 0.339 e. The molecule has 2 rings (SSSR count). The van der Waals surface area contributed by atoms with Crippen LogP contribution < -0.4 is 0 Å². The number of esters is 1. The predicted molar refractivity (Wildman–Crippen MR) is 65.1 cm³/mol. The minimum Gasteiger partial charge on any atom is -0.508 e. The summed E-state index contributed by atoms with van der Waals surface area (Å²) in [7, 11) is -2.39. The molecular weight excluding hydrogens is 256 g/mol. The summed E-state index contributed by atoms with van der Waals surface area (Å²) in [6.45, 7) is 0. The predicted octanol–water partition coefficient (Wildman–Crippen LogP) is 1.22. The first-order valence-corrected chi connectivity index (χ1v) is 6.60. The Bertz CT molecular complexity index is 667. The maximum atomic E-state index is 11.5. The molecule has 1 heterocycles. The number of ether oxygens (including phenoxy) is 1. The van der Waals surface area contributed by atoms with Gasteiger partial charge in [0.05, 0.1) is 18.1 Å². The SMILES string of the molecule is COC(=O)C1=CS(=O)(=O)C=C1c1cccc(O)c1. The summed E-state index contributed by atoms with van der Waals surface area (Å²) < 4.78 is 27.5. The lowest BCUT2D eigenvalue weighted by Crippen LogP contribution is -2.05. The van der Waals surface area contributed by atoms with Gasteiger partial charge in [0.2, 0.25) is 0 Å². The van der Waals surface area contributed by atoms with Crippen molar-refractivity contribution >= 4 is 21.4 Å². The topological polar surface area (TPSA) is 80.7 Å². The van der Waals surface area contributed by atoms with Gasteiger partial charge in [0.1, 0.15) is 5.75 Å². The number of phenolic OH excluding ortho intramolecular Hbond substituents is 1. The van der Waals surface area contributed by atoms with Crippen molar-refractivity contribution < 1.29 is 23.1 Å². The van der Waals surface area contributed by atoms with Crippen molar-refractivity contribution in [1.29, 1.82) is 0 Å². The van der Waals surface area contributed by atoms with Gasteiger partial charge in [-0.3, -0.25) is 0 Å². The van der Waals surface area contributed by atoms with Crippen molar-refractivity contribution in [2.75, 3.05) is 7.11 Å². The Labute approximate surface area is 104 Å². The molecule has 0 atom stereocenters. The number of rotatable bonds is 2. The molecule has 0 spiro atoms. The van der Waals surface area contributed by atoms with Gasteiger partial charge in [-0.05, 0) is 17.7 Å². The second-order valence-corrected chi connectivity index (χ2v) is 5.34. The molecule has 0 fully saturated rings. The second-order valence-electron chi connectivity index (χ2n) is 3.69. The molecule has 5 nitrogen and oxygen atoms in total. The van der Waals surface area contributed by atoms with Crippen molar-refractivity contribution in [2.45, 2.75) is 0 Å². The van der Waals surface area contributed by atoms with E-state index in [1.54, 1.807) is 12.1 Å². The molecule has 94 valence electrons. The van der Waals surface area contributed by atoms with Gasteiger partial charge >= 0.3 is 5.97 Å². The van der Waals surface area contributed by atoms with Crippen LogP contribution in [0.15, 0.2) is 40.7 Å². The third-order valence-electron chi connectivity index (χ3n) is 2.42. The molecular formula is C12H10O5S. The van der Waals surface area contributed by atoms with Crippen molar-refractivity contribution in [3.8, 4) is 5.75 Å². The molecule has 0 aromatic heterocycles. The summed E-state index contributed by atoms with van der Waals surface area (Å²) in [5, 5.41) is 11.2. The van der Waals surface area contributed by atoms with Crippen LogP contribution in [0.2, 0.25) is 0 Å². The van der Waals surface area contributed by atoms with E-state index < -0.39 is 15.8 Å². The smallest absolute Gasteiger partial charge is 0.339 e. The Morgan fingerprint density at radius 1 is 1.28 bits per heavy atom. The molecule has 0 saturated carbocycles. The van der Waals surface area contributed by atoms with E-state index in [1.165, 1.54) is 19.2 Å². The van der Waals surface area contributed by atoms with Crippen LogP contribution in [0, 0.1) is 0 Å². The number of hydrogen-bond acceptors (Lipinski definition) is 5. The molecule has 1 aromatic carbocycles. The molecule has 0 amide bonds. The summed E-state index contributed by atoms with van der Waals surface area (Å²) in [6, 6.07) is 5.99. The molecule has 0 radical (unpaired) electrons. The van der Waals surface area contributed by atoms with Crippen LogP contribution >= 0.6 is 0 Å². The molecule has 1 aromatic rings. The summed E-state index contributed by atoms with van der Waals surface area (Å²) in [5.74, 6) is -0.743. The number of carbonyl (C=O) groups excluding carboxylic acids is 1. The highest BCUT2D eigenvalue weighted by Crippen LogP contribution is 2.32. The molecule has 1 aliphatic heterocycles. The Balaban J connectivity index is 2.57. The van der Waals surface area contributed by atoms with Gasteiger partial charge in [-0.25, -0.2) is 13.2 Å². The highest BCUT2D eigenvalue weighted by molar-refractivity contribution is 7.97. The average Bonchev–Trinajstić information content (AvgIpc) is 2.64. The largest absolute Gasteiger partial charge is 0.508 e. The lowest BCUT2D eigenvalue weighted by molar-refractivity contribution is -0.135. The molecule has 0 bridgehead atoms. The maximum absolute atomic E-state index is 11.5. The van der Waals surface area contributed by atoms with Gasteiger partial charge < -0.3 is 9.84 Å². The Hall–Kier alpha value is -2.08. The molecule has 0 unspecified atom stereocenters. The Morgan fingerprint density at radius 3 is 2.61 bits per heavy atom. The van der Waals surface area contributed by atoms with E-state index in [4.69, 9.17) is 0 Å². The van der Waals surface area contributed by atoms with Crippen LogP contribution in [0.5, 0.6) is 5.75 Å². The average molecular weight is 266 g/mol. The van der Waals surface area contributed by atoms with Gasteiger partial charge in [0, 0.05) is 11.0 Å². The standard InChI is InChI=1S/C12H10O5S/c1-17-12(14)11-7-18(15,16)6-10(11)8-3-2-4-9(13)5-8/h2-7,13H,1H3. The van der Waals surface area contributed by atoms with Crippen LogP contribution in [0.25, 0.3) is 5.57 Å². The lowest BCUT2D eigenvalue weighted by Gasteiger charge is -2.06. The zero-order valence-electron chi connectivity index (χ0n) is 9.45. The number of methoxy groups -OCH3 is 1.